The molecule has 0 aliphatic carbocycles. The summed E-state index contributed by atoms with van der Waals surface area (Å²) in [4.78, 5) is 10.8. The molecule has 1 aromatic carbocycles. The molecule has 0 fully saturated rings. The second-order valence-corrected chi connectivity index (χ2v) is 2.72. The second-order valence-electron chi connectivity index (χ2n) is 2.31. The summed E-state index contributed by atoms with van der Waals surface area (Å²) in [5.74, 6) is -1.80. The van der Waals surface area contributed by atoms with Crippen molar-refractivity contribution >= 4 is 17.4 Å². The first-order valence-electron chi connectivity index (χ1n) is 3.22. The van der Waals surface area contributed by atoms with E-state index in [0.29, 0.717) is 0 Å². The van der Waals surface area contributed by atoms with Gasteiger partial charge in [0.15, 0.2) is 5.78 Å². The van der Waals surface area contributed by atoms with Crippen LogP contribution in [0.4, 0.5) is 4.39 Å². The molecule has 0 saturated heterocycles. The quantitative estimate of drug-likeness (QED) is 0.687. The Morgan fingerprint density at radius 1 is 1.58 bits per heavy atom. The molecule has 64 valence electrons. The molecular weight excluding hydrogens is 183 g/mol. The van der Waals surface area contributed by atoms with Gasteiger partial charge in [-0.3, -0.25) is 4.79 Å². The highest BCUT2D eigenvalue weighted by molar-refractivity contribution is 6.32. The van der Waals surface area contributed by atoms with E-state index in [1.807, 2.05) is 0 Å². The lowest BCUT2D eigenvalue weighted by molar-refractivity contribution is 0.101. The first kappa shape index (κ1) is 9.00. The summed E-state index contributed by atoms with van der Waals surface area (Å²) < 4.78 is 12.8. The van der Waals surface area contributed by atoms with Crippen molar-refractivity contribution < 1.29 is 14.3 Å². The van der Waals surface area contributed by atoms with E-state index in [1.54, 1.807) is 0 Å². The van der Waals surface area contributed by atoms with Crippen molar-refractivity contribution in [2.45, 2.75) is 6.92 Å². The minimum atomic E-state index is -0.760. The number of halogens is 2. The highest BCUT2D eigenvalue weighted by Gasteiger charge is 2.14. The summed E-state index contributed by atoms with van der Waals surface area (Å²) in [5.41, 5.74) is -0.359. The molecule has 0 aliphatic heterocycles. The van der Waals surface area contributed by atoms with Gasteiger partial charge >= 0.3 is 0 Å². The molecular formula is C8H6ClFO2. The van der Waals surface area contributed by atoms with E-state index in [-0.39, 0.29) is 10.6 Å². The van der Waals surface area contributed by atoms with Gasteiger partial charge in [-0.1, -0.05) is 11.6 Å². The number of carbonyl (C=O) groups is 1. The minimum absolute atomic E-state index is 0.0263. The zero-order valence-corrected chi connectivity index (χ0v) is 7.02. The molecule has 0 saturated carbocycles. The third kappa shape index (κ3) is 1.41. The standard InChI is InChI=1S/C8H6ClFO2/c1-4(11)7-6(10)3-2-5(9)8(7)12/h2-3,12H,1H3. The van der Waals surface area contributed by atoms with Crippen molar-refractivity contribution in [1.29, 1.82) is 0 Å². The Morgan fingerprint density at radius 2 is 2.17 bits per heavy atom. The van der Waals surface area contributed by atoms with Gasteiger partial charge in [0.05, 0.1) is 10.6 Å². The predicted molar refractivity (Wildman–Crippen MR) is 43.1 cm³/mol. The fraction of sp³-hybridized carbons (Fsp3) is 0.125. The Hall–Kier alpha value is -1.09. The molecule has 1 aromatic rings. The van der Waals surface area contributed by atoms with Crippen LogP contribution in [0.15, 0.2) is 12.1 Å². The Balaban J connectivity index is 3.43. The molecule has 0 aliphatic rings. The summed E-state index contributed by atoms with van der Waals surface area (Å²) >= 11 is 5.46. The topological polar surface area (TPSA) is 37.3 Å². The maximum atomic E-state index is 12.8. The van der Waals surface area contributed by atoms with Crippen LogP contribution in [-0.4, -0.2) is 10.9 Å². The fourth-order valence-corrected chi connectivity index (χ4v) is 1.03. The van der Waals surface area contributed by atoms with Crippen LogP contribution in [-0.2, 0) is 0 Å². The minimum Gasteiger partial charge on any atom is -0.506 e. The van der Waals surface area contributed by atoms with Crippen LogP contribution in [0.3, 0.4) is 0 Å². The van der Waals surface area contributed by atoms with E-state index in [2.05, 4.69) is 0 Å². The van der Waals surface area contributed by atoms with Gasteiger partial charge in [0.25, 0.3) is 0 Å². The second kappa shape index (κ2) is 3.11. The molecule has 0 atom stereocenters. The molecule has 0 unspecified atom stereocenters. The van der Waals surface area contributed by atoms with Gasteiger partial charge < -0.3 is 5.11 Å². The molecule has 1 N–H and O–H groups in total. The summed E-state index contributed by atoms with van der Waals surface area (Å²) in [7, 11) is 0. The lowest BCUT2D eigenvalue weighted by Gasteiger charge is -2.02. The van der Waals surface area contributed by atoms with Gasteiger partial charge in [-0.2, -0.15) is 0 Å². The Labute approximate surface area is 73.6 Å². The van der Waals surface area contributed by atoms with E-state index >= 15 is 0 Å². The number of ketones is 1. The van der Waals surface area contributed by atoms with Crippen molar-refractivity contribution in [2.24, 2.45) is 0 Å². The fourth-order valence-electron chi connectivity index (χ4n) is 0.876. The van der Waals surface area contributed by atoms with Crippen molar-refractivity contribution in [2.75, 3.05) is 0 Å². The van der Waals surface area contributed by atoms with Crippen LogP contribution in [0.5, 0.6) is 5.75 Å². The zero-order valence-electron chi connectivity index (χ0n) is 6.27. The zero-order chi connectivity index (χ0) is 9.30. The van der Waals surface area contributed by atoms with Crippen LogP contribution in [0.1, 0.15) is 17.3 Å². The van der Waals surface area contributed by atoms with Gasteiger partial charge in [0.2, 0.25) is 0 Å². The lowest BCUT2D eigenvalue weighted by Crippen LogP contribution is -1.97. The summed E-state index contributed by atoms with van der Waals surface area (Å²) in [5, 5.41) is 9.13. The maximum Gasteiger partial charge on any atom is 0.166 e. The van der Waals surface area contributed by atoms with Crippen LogP contribution in [0, 0.1) is 5.82 Å². The molecule has 0 radical (unpaired) electrons. The highest BCUT2D eigenvalue weighted by Crippen LogP contribution is 2.29. The molecule has 0 heterocycles. The molecule has 0 bridgehead atoms. The third-order valence-corrected chi connectivity index (χ3v) is 1.73. The first-order valence-corrected chi connectivity index (χ1v) is 3.59. The molecule has 12 heavy (non-hydrogen) atoms. The van der Waals surface area contributed by atoms with Gasteiger partial charge in [-0.15, -0.1) is 0 Å². The molecule has 0 aromatic heterocycles. The molecule has 2 nitrogen and oxygen atoms in total. The van der Waals surface area contributed by atoms with Crippen LogP contribution in [0.2, 0.25) is 5.02 Å². The number of hydrogen-bond donors (Lipinski definition) is 1. The van der Waals surface area contributed by atoms with E-state index in [9.17, 15) is 9.18 Å². The highest BCUT2D eigenvalue weighted by atomic mass is 35.5. The number of Topliss-reactive ketones (excluding diaryl/α,β-unsaturated/α-hetero) is 1. The number of aromatic hydroxyl groups is 1. The smallest absolute Gasteiger partial charge is 0.166 e. The number of phenolic OH excluding ortho intramolecular Hbond substituents is 1. The summed E-state index contributed by atoms with van der Waals surface area (Å²) in [6.07, 6.45) is 0. The Morgan fingerprint density at radius 3 is 2.58 bits per heavy atom. The van der Waals surface area contributed by atoms with E-state index in [4.69, 9.17) is 16.7 Å². The van der Waals surface area contributed by atoms with Gasteiger partial charge in [0, 0.05) is 0 Å². The average molecular weight is 189 g/mol. The van der Waals surface area contributed by atoms with E-state index in [0.717, 1.165) is 13.0 Å². The molecule has 0 amide bonds. The SMILES string of the molecule is CC(=O)c1c(F)ccc(Cl)c1O. The normalized spacial score (nSPS) is 9.92. The number of phenols is 1. The third-order valence-electron chi connectivity index (χ3n) is 1.43. The molecule has 1 rings (SSSR count). The van der Waals surface area contributed by atoms with Gasteiger partial charge in [0.1, 0.15) is 11.6 Å². The summed E-state index contributed by atoms with van der Waals surface area (Å²) in [6, 6.07) is 2.23. The monoisotopic (exact) mass is 188 g/mol. The molecule has 4 heteroatoms. The van der Waals surface area contributed by atoms with Crippen LogP contribution >= 0.6 is 11.6 Å². The number of rotatable bonds is 1. The summed E-state index contributed by atoms with van der Waals surface area (Å²) in [6.45, 7) is 1.16. The van der Waals surface area contributed by atoms with Gasteiger partial charge in [-0.25, -0.2) is 4.39 Å². The first-order chi connectivity index (χ1) is 5.54. The average Bonchev–Trinajstić information content (AvgIpc) is 1.97. The van der Waals surface area contributed by atoms with Crippen molar-refractivity contribution in [3.63, 3.8) is 0 Å². The number of hydrogen-bond acceptors (Lipinski definition) is 2. The maximum absolute atomic E-state index is 12.8. The Bertz CT molecular complexity index is 336. The van der Waals surface area contributed by atoms with Crippen molar-refractivity contribution in [3.8, 4) is 5.75 Å². The number of carbonyl (C=O) groups excluding carboxylic acids is 1. The Kier molecular flexibility index (Phi) is 2.33. The van der Waals surface area contributed by atoms with Crippen molar-refractivity contribution in [3.05, 3.63) is 28.5 Å². The number of benzene rings is 1. The van der Waals surface area contributed by atoms with Crippen molar-refractivity contribution in [1.82, 2.24) is 0 Å². The van der Waals surface area contributed by atoms with E-state index in [1.165, 1.54) is 6.07 Å². The predicted octanol–water partition coefficient (Wildman–Crippen LogP) is 2.39. The largest absolute Gasteiger partial charge is 0.506 e. The van der Waals surface area contributed by atoms with E-state index < -0.39 is 17.3 Å². The van der Waals surface area contributed by atoms with Gasteiger partial charge in [-0.05, 0) is 19.1 Å². The van der Waals surface area contributed by atoms with Crippen LogP contribution in [0.25, 0.3) is 0 Å². The lowest BCUT2D eigenvalue weighted by atomic mass is 10.1. The van der Waals surface area contributed by atoms with Crippen LogP contribution < -0.4 is 0 Å². The molecule has 0 spiro atoms.